The van der Waals surface area contributed by atoms with Gasteiger partial charge < -0.3 is 0 Å². The van der Waals surface area contributed by atoms with Crippen LogP contribution < -0.4 is 9.73 Å². The van der Waals surface area contributed by atoms with E-state index < -0.39 is 22.5 Å². The van der Waals surface area contributed by atoms with Gasteiger partial charge in [0.25, 0.3) is 15.9 Å². The number of nitrogens with one attached hydrogen (secondary N) is 1. The van der Waals surface area contributed by atoms with Crippen molar-refractivity contribution in [3.8, 4) is 0 Å². The molecular formula is C24H24FN3O3S. The summed E-state index contributed by atoms with van der Waals surface area (Å²) in [7, 11) is -3.99. The highest BCUT2D eigenvalue weighted by molar-refractivity contribution is 7.92. The second-order valence-electron chi connectivity index (χ2n) is 7.42. The quantitative estimate of drug-likeness (QED) is 0.408. The number of benzene rings is 3. The lowest BCUT2D eigenvalue weighted by molar-refractivity contribution is -0.119. The maximum atomic E-state index is 13.3. The zero-order valence-corrected chi connectivity index (χ0v) is 18.6. The van der Waals surface area contributed by atoms with Crippen LogP contribution in [0.3, 0.4) is 0 Å². The van der Waals surface area contributed by atoms with Gasteiger partial charge >= 0.3 is 0 Å². The lowest BCUT2D eigenvalue weighted by Crippen LogP contribution is -2.39. The summed E-state index contributed by atoms with van der Waals surface area (Å²) in [6.07, 6.45) is 1.35. The smallest absolute Gasteiger partial charge is 0.264 e. The Morgan fingerprint density at radius 3 is 2.22 bits per heavy atom. The maximum Gasteiger partial charge on any atom is 0.264 e. The molecule has 8 heteroatoms. The van der Waals surface area contributed by atoms with Crippen molar-refractivity contribution < 1.29 is 17.6 Å². The summed E-state index contributed by atoms with van der Waals surface area (Å²) in [4.78, 5) is 12.6. The van der Waals surface area contributed by atoms with E-state index in [0.29, 0.717) is 11.3 Å². The van der Waals surface area contributed by atoms with E-state index in [-0.39, 0.29) is 16.6 Å². The summed E-state index contributed by atoms with van der Waals surface area (Å²) in [6, 6.07) is 20.6. The number of sulfonamides is 1. The van der Waals surface area contributed by atoms with Gasteiger partial charge in [-0.15, -0.1) is 0 Å². The predicted octanol–water partition coefficient (Wildman–Crippen LogP) is 4.29. The van der Waals surface area contributed by atoms with Crippen LogP contribution in [0.25, 0.3) is 0 Å². The summed E-state index contributed by atoms with van der Waals surface area (Å²) < 4.78 is 40.6. The molecule has 0 heterocycles. The number of carbonyl (C=O) groups excluding carboxylic acids is 1. The molecule has 32 heavy (non-hydrogen) atoms. The van der Waals surface area contributed by atoms with Gasteiger partial charge in [-0.2, -0.15) is 5.10 Å². The van der Waals surface area contributed by atoms with Gasteiger partial charge in [0.05, 0.1) is 16.8 Å². The Kier molecular flexibility index (Phi) is 7.37. The van der Waals surface area contributed by atoms with Crippen molar-refractivity contribution in [2.24, 2.45) is 5.10 Å². The van der Waals surface area contributed by atoms with E-state index >= 15 is 0 Å². The van der Waals surface area contributed by atoms with Crippen LogP contribution in [0.1, 0.15) is 30.9 Å². The van der Waals surface area contributed by atoms with Crippen LogP contribution >= 0.6 is 0 Å². The summed E-state index contributed by atoms with van der Waals surface area (Å²) in [6.45, 7) is 3.62. The Labute approximate surface area is 187 Å². The average molecular weight is 454 g/mol. The average Bonchev–Trinajstić information content (AvgIpc) is 2.79. The van der Waals surface area contributed by atoms with Crippen molar-refractivity contribution in [3.63, 3.8) is 0 Å². The topological polar surface area (TPSA) is 78.8 Å². The highest BCUT2D eigenvalue weighted by Crippen LogP contribution is 2.25. The SMILES string of the molecule is CC(C)c1ccc(N(CC(=O)N/N=C\c2ccc(F)cc2)S(=O)(=O)c2ccccc2)cc1. The molecule has 0 bridgehead atoms. The Morgan fingerprint density at radius 1 is 1.00 bits per heavy atom. The largest absolute Gasteiger partial charge is 0.271 e. The number of anilines is 1. The van der Waals surface area contributed by atoms with Crippen LogP contribution in [0.5, 0.6) is 0 Å². The molecule has 0 aromatic heterocycles. The minimum atomic E-state index is -3.99. The fraction of sp³-hybridized carbons (Fsp3) is 0.167. The maximum absolute atomic E-state index is 13.3. The highest BCUT2D eigenvalue weighted by Gasteiger charge is 2.27. The second-order valence-corrected chi connectivity index (χ2v) is 9.28. The van der Waals surface area contributed by atoms with Gasteiger partial charge in [-0.25, -0.2) is 18.2 Å². The summed E-state index contributed by atoms with van der Waals surface area (Å²) in [5, 5.41) is 3.84. The molecule has 0 spiro atoms. The number of hydrogen-bond acceptors (Lipinski definition) is 4. The Hall–Kier alpha value is -3.52. The molecule has 3 rings (SSSR count). The Balaban J connectivity index is 1.83. The summed E-state index contributed by atoms with van der Waals surface area (Å²) in [5.41, 5.74) is 4.34. The molecule has 0 aliphatic rings. The monoisotopic (exact) mass is 453 g/mol. The number of hydrazone groups is 1. The van der Waals surface area contributed by atoms with E-state index in [1.54, 1.807) is 30.3 Å². The van der Waals surface area contributed by atoms with Gasteiger partial charge in [0, 0.05) is 0 Å². The van der Waals surface area contributed by atoms with Crippen LogP contribution in [0, 0.1) is 5.82 Å². The van der Waals surface area contributed by atoms with Crippen LogP contribution in [-0.4, -0.2) is 27.1 Å². The zero-order chi connectivity index (χ0) is 23.1. The van der Waals surface area contributed by atoms with Crippen LogP contribution in [0.2, 0.25) is 0 Å². The van der Waals surface area contributed by atoms with Gasteiger partial charge in [0.15, 0.2) is 0 Å². The van der Waals surface area contributed by atoms with Crippen molar-refractivity contribution in [2.75, 3.05) is 10.8 Å². The minimum absolute atomic E-state index is 0.0792. The zero-order valence-electron chi connectivity index (χ0n) is 17.8. The minimum Gasteiger partial charge on any atom is -0.271 e. The third kappa shape index (κ3) is 5.79. The van der Waals surface area contributed by atoms with Crippen LogP contribution in [-0.2, 0) is 14.8 Å². The van der Waals surface area contributed by atoms with Crippen molar-refractivity contribution >= 4 is 27.8 Å². The molecule has 1 N–H and O–H groups in total. The lowest BCUT2D eigenvalue weighted by Gasteiger charge is -2.24. The molecule has 6 nitrogen and oxygen atoms in total. The van der Waals surface area contributed by atoms with Crippen molar-refractivity contribution in [3.05, 3.63) is 95.8 Å². The van der Waals surface area contributed by atoms with E-state index in [1.807, 2.05) is 26.0 Å². The Bertz CT molecular complexity index is 1180. The molecule has 0 fully saturated rings. The van der Waals surface area contributed by atoms with Crippen molar-refractivity contribution in [1.82, 2.24) is 5.43 Å². The third-order valence-electron chi connectivity index (χ3n) is 4.74. The second kappa shape index (κ2) is 10.2. The number of nitrogens with zero attached hydrogens (tertiary/aromatic N) is 2. The number of hydrogen-bond donors (Lipinski definition) is 1. The number of rotatable bonds is 8. The first kappa shape index (κ1) is 23.1. The molecular weight excluding hydrogens is 429 g/mol. The fourth-order valence-electron chi connectivity index (χ4n) is 2.95. The number of carbonyl (C=O) groups is 1. The molecule has 0 radical (unpaired) electrons. The third-order valence-corrected chi connectivity index (χ3v) is 6.53. The first-order valence-electron chi connectivity index (χ1n) is 10.0. The molecule has 0 aliphatic heterocycles. The van der Waals surface area contributed by atoms with Crippen molar-refractivity contribution in [1.29, 1.82) is 0 Å². The molecule has 0 atom stereocenters. The molecule has 0 saturated heterocycles. The van der Waals surface area contributed by atoms with E-state index in [1.165, 1.54) is 42.6 Å². The lowest BCUT2D eigenvalue weighted by atomic mass is 10.0. The van der Waals surface area contributed by atoms with Gasteiger partial charge in [-0.05, 0) is 53.4 Å². The Morgan fingerprint density at radius 2 is 1.62 bits per heavy atom. The first-order valence-corrected chi connectivity index (χ1v) is 11.5. The molecule has 0 aliphatic carbocycles. The fourth-order valence-corrected chi connectivity index (χ4v) is 4.40. The van der Waals surface area contributed by atoms with Gasteiger partial charge in [-0.1, -0.05) is 56.3 Å². The van der Waals surface area contributed by atoms with E-state index in [2.05, 4.69) is 10.5 Å². The molecule has 0 unspecified atom stereocenters. The highest BCUT2D eigenvalue weighted by atomic mass is 32.2. The number of amides is 1. The van der Waals surface area contributed by atoms with Crippen molar-refractivity contribution in [2.45, 2.75) is 24.7 Å². The van der Waals surface area contributed by atoms with Gasteiger partial charge in [0.1, 0.15) is 12.4 Å². The van der Waals surface area contributed by atoms with Crippen LogP contribution in [0.4, 0.5) is 10.1 Å². The van der Waals surface area contributed by atoms with E-state index in [9.17, 15) is 17.6 Å². The molecule has 166 valence electrons. The predicted molar refractivity (Wildman–Crippen MR) is 124 cm³/mol. The molecule has 3 aromatic carbocycles. The first-order chi connectivity index (χ1) is 15.3. The molecule has 0 saturated carbocycles. The van der Waals surface area contributed by atoms with Gasteiger partial charge in [-0.3, -0.25) is 9.10 Å². The van der Waals surface area contributed by atoms with Gasteiger partial charge in [0.2, 0.25) is 0 Å². The summed E-state index contributed by atoms with van der Waals surface area (Å²) in [5.74, 6) is -0.709. The number of halogens is 1. The van der Waals surface area contributed by atoms with E-state index in [4.69, 9.17) is 0 Å². The standard InChI is InChI=1S/C24H24FN3O3S/c1-18(2)20-10-14-22(15-11-20)28(32(30,31)23-6-4-3-5-7-23)17-24(29)27-26-16-19-8-12-21(25)13-9-19/h3-16,18H,17H2,1-2H3,(H,27,29)/b26-16-. The van der Waals surface area contributed by atoms with Crippen LogP contribution in [0.15, 0.2) is 88.9 Å². The van der Waals surface area contributed by atoms with E-state index in [0.717, 1.165) is 9.87 Å². The molecule has 3 aromatic rings. The molecule has 1 amide bonds. The summed E-state index contributed by atoms with van der Waals surface area (Å²) >= 11 is 0. The normalized spacial score (nSPS) is 11.6.